The lowest BCUT2D eigenvalue weighted by Crippen LogP contribution is -1.68. The van der Waals surface area contributed by atoms with Crippen LogP contribution in [0.15, 0.2) is 12.5 Å². The van der Waals surface area contributed by atoms with Gasteiger partial charge in [-0.05, 0) is 6.92 Å². The van der Waals surface area contributed by atoms with Crippen LogP contribution in [-0.4, -0.2) is 9.77 Å². The number of aromatic nitrogens is 2. The van der Waals surface area contributed by atoms with E-state index in [1.807, 2.05) is 0 Å². The molecule has 7 heavy (non-hydrogen) atoms. The average molecular weight is 100 g/mol. The minimum Gasteiger partial charge on any atom is -0.239 e. The van der Waals surface area contributed by atoms with Crippen molar-refractivity contribution in [3.63, 3.8) is 0 Å². The summed E-state index contributed by atoms with van der Waals surface area (Å²) in [5, 5.41) is 0. The second-order valence-electron chi connectivity index (χ2n) is 1.36. The first kappa shape index (κ1) is 4.30. The first-order valence-corrected chi connectivity index (χ1v) is 1.96. The predicted octanol–water partition coefficient (Wildman–Crippen LogP) is 0.924. The van der Waals surface area contributed by atoms with E-state index in [-0.39, 0.29) is 0 Å². The fraction of sp³-hybridized carbons (Fsp3) is 0.250. The minimum atomic E-state index is 0.426. The zero-order valence-electron chi connectivity index (χ0n) is 3.93. The van der Waals surface area contributed by atoms with Crippen molar-refractivity contribution in [2.75, 3.05) is 0 Å². The van der Waals surface area contributed by atoms with Gasteiger partial charge in [0.15, 0.2) is 0 Å². The van der Waals surface area contributed by atoms with E-state index in [0.717, 1.165) is 6.33 Å². The van der Waals surface area contributed by atoms with Crippen molar-refractivity contribution in [3.05, 3.63) is 18.2 Å². The highest BCUT2D eigenvalue weighted by molar-refractivity contribution is 4.89. The molecular formula is C4H5FN2. The fourth-order valence-electron chi connectivity index (χ4n) is 0.391. The Morgan fingerprint density at radius 1 is 1.86 bits per heavy atom. The summed E-state index contributed by atoms with van der Waals surface area (Å²) in [6.45, 7) is 1.73. The fourth-order valence-corrected chi connectivity index (χ4v) is 0.391. The maximum Gasteiger partial charge on any atom is 0.126 e. The van der Waals surface area contributed by atoms with Crippen LogP contribution >= 0.6 is 0 Å². The molecule has 1 aromatic heterocycles. The van der Waals surface area contributed by atoms with Crippen LogP contribution in [0.5, 0.6) is 0 Å². The summed E-state index contributed by atoms with van der Waals surface area (Å²) in [4.78, 5) is 4.03. The van der Waals surface area contributed by atoms with Crippen LogP contribution in [0.2, 0.25) is 0 Å². The monoisotopic (exact) mass is 100 g/mol. The molecule has 0 bridgehead atoms. The topological polar surface area (TPSA) is 17.8 Å². The number of rotatable bonds is 0. The molecule has 0 aliphatic heterocycles. The summed E-state index contributed by atoms with van der Waals surface area (Å²) in [6, 6.07) is 0. The molecule has 0 radical (unpaired) electrons. The second-order valence-corrected chi connectivity index (χ2v) is 1.36. The summed E-state index contributed by atoms with van der Waals surface area (Å²) < 4.78 is 11.8. The molecule has 1 heterocycles. The van der Waals surface area contributed by atoms with Crippen LogP contribution in [0.3, 0.4) is 0 Å². The molecule has 0 fully saturated rings. The molecule has 1 rings (SSSR count). The molecule has 0 spiro atoms. The van der Waals surface area contributed by atoms with Gasteiger partial charge in [-0.25, -0.2) is 4.98 Å². The normalized spacial score (nSPS) is 9.43. The third-order valence-corrected chi connectivity index (χ3v) is 0.682. The molecule has 1 aromatic rings. The van der Waals surface area contributed by atoms with E-state index < -0.39 is 0 Å². The first-order chi connectivity index (χ1) is 3.29. The lowest BCUT2D eigenvalue weighted by atomic mass is 10.6. The van der Waals surface area contributed by atoms with E-state index in [9.17, 15) is 4.48 Å². The zero-order valence-corrected chi connectivity index (χ0v) is 3.93. The largest absolute Gasteiger partial charge is 0.239 e. The Balaban J connectivity index is 3.04. The molecule has 0 aromatic carbocycles. The van der Waals surface area contributed by atoms with Gasteiger partial charge in [0.05, 0.1) is 11.9 Å². The van der Waals surface area contributed by atoms with E-state index >= 15 is 0 Å². The molecule has 38 valence electrons. The van der Waals surface area contributed by atoms with Crippen LogP contribution in [0.1, 0.15) is 5.69 Å². The van der Waals surface area contributed by atoms with Crippen LogP contribution in [0.25, 0.3) is 0 Å². The number of hydrogen-bond donors (Lipinski definition) is 0. The maximum atomic E-state index is 11.8. The second kappa shape index (κ2) is 1.33. The Hall–Kier alpha value is -0.860. The van der Waals surface area contributed by atoms with E-state index in [4.69, 9.17) is 0 Å². The van der Waals surface area contributed by atoms with Crippen LogP contribution < -0.4 is 0 Å². The number of nitrogens with zero attached hydrogens (tertiary/aromatic N) is 2. The number of imidazole rings is 1. The zero-order chi connectivity index (χ0) is 5.28. The van der Waals surface area contributed by atoms with Gasteiger partial charge in [0, 0.05) is 0 Å². The van der Waals surface area contributed by atoms with Crippen LogP contribution in [0.4, 0.5) is 4.48 Å². The van der Waals surface area contributed by atoms with Gasteiger partial charge in [-0.2, -0.15) is 4.79 Å². The Labute approximate surface area is 40.5 Å². The van der Waals surface area contributed by atoms with Crippen molar-refractivity contribution in [1.82, 2.24) is 9.77 Å². The molecule has 0 saturated heterocycles. The number of aryl methyl sites for hydroxylation is 1. The Morgan fingerprint density at radius 2 is 2.57 bits per heavy atom. The van der Waals surface area contributed by atoms with Crippen LogP contribution in [0, 0.1) is 6.92 Å². The van der Waals surface area contributed by atoms with Gasteiger partial charge in [0.1, 0.15) is 6.33 Å². The van der Waals surface area contributed by atoms with Gasteiger partial charge in [-0.15, -0.1) is 0 Å². The quantitative estimate of drug-likeness (QED) is 0.474. The molecule has 0 N–H and O–H groups in total. The molecule has 0 aliphatic rings. The summed E-state index contributed by atoms with van der Waals surface area (Å²) in [6.07, 6.45) is 2.43. The van der Waals surface area contributed by atoms with Crippen molar-refractivity contribution in [3.8, 4) is 0 Å². The SMILES string of the molecule is Cc1cn(F)cn1. The third-order valence-electron chi connectivity index (χ3n) is 0.682. The third kappa shape index (κ3) is 0.765. The highest BCUT2D eigenvalue weighted by Crippen LogP contribution is 1.89. The summed E-state index contributed by atoms with van der Waals surface area (Å²) >= 11 is 0. The number of halogens is 1. The van der Waals surface area contributed by atoms with Gasteiger partial charge >= 0.3 is 0 Å². The smallest absolute Gasteiger partial charge is 0.126 e. The molecule has 0 amide bonds. The van der Waals surface area contributed by atoms with Crippen molar-refractivity contribution in [1.29, 1.82) is 0 Å². The molecule has 0 aliphatic carbocycles. The Bertz CT molecular complexity index is 142. The van der Waals surface area contributed by atoms with Crippen molar-refractivity contribution in [2.24, 2.45) is 0 Å². The molecule has 0 saturated carbocycles. The lowest BCUT2D eigenvalue weighted by molar-refractivity contribution is 0.368. The average Bonchev–Trinajstić information content (AvgIpc) is 1.87. The van der Waals surface area contributed by atoms with Crippen LogP contribution in [-0.2, 0) is 0 Å². The van der Waals surface area contributed by atoms with Gasteiger partial charge in [-0.3, -0.25) is 0 Å². The van der Waals surface area contributed by atoms with E-state index in [0.29, 0.717) is 10.5 Å². The highest BCUT2D eigenvalue weighted by atomic mass is 19.2. The van der Waals surface area contributed by atoms with Gasteiger partial charge in [0.2, 0.25) is 0 Å². The summed E-state index contributed by atoms with van der Waals surface area (Å²) in [5.74, 6) is 0. The molecule has 3 heteroatoms. The Kier molecular flexibility index (Phi) is 0.817. The van der Waals surface area contributed by atoms with Crippen molar-refractivity contribution in [2.45, 2.75) is 6.92 Å². The standard InChI is InChI=1S/C4H5FN2/c1-4-2-7(5)3-6-4/h2-3H,1H3. The Morgan fingerprint density at radius 3 is 2.71 bits per heavy atom. The minimum absolute atomic E-state index is 0.426. The van der Waals surface area contributed by atoms with Gasteiger partial charge in [0.25, 0.3) is 0 Å². The van der Waals surface area contributed by atoms with Gasteiger partial charge in [-0.1, -0.05) is 4.48 Å². The number of hydrogen-bond acceptors (Lipinski definition) is 1. The molecular weight excluding hydrogens is 95.1 g/mol. The van der Waals surface area contributed by atoms with E-state index in [1.54, 1.807) is 6.92 Å². The van der Waals surface area contributed by atoms with Crippen molar-refractivity contribution < 1.29 is 4.48 Å². The lowest BCUT2D eigenvalue weighted by Gasteiger charge is -1.71. The van der Waals surface area contributed by atoms with Crippen molar-refractivity contribution >= 4 is 0 Å². The summed E-state index contributed by atoms with van der Waals surface area (Å²) in [7, 11) is 0. The van der Waals surface area contributed by atoms with Gasteiger partial charge < -0.3 is 0 Å². The molecule has 0 unspecified atom stereocenters. The predicted molar refractivity (Wildman–Crippen MR) is 23.5 cm³/mol. The maximum absolute atomic E-state index is 11.8. The molecule has 2 nitrogen and oxygen atoms in total. The molecule has 0 atom stereocenters. The van der Waals surface area contributed by atoms with E-state index in [2.05, 4.69) is 4.98 Å². The van der Waals surface area contributed by atoms with E-state index in [1.165, 1.54) is 6.20 Å². The summed E-state index contributed by atoms with van der Waals surface area (Å²) in [5.41, 5.74) is 0.697. The first-order valence-electron chi connectivity index (χ1n) is 1.96. The highest BCUT2D eigenvalue weighted by Gasteiger charge is 1.85.